The summed E-state index contributed by atoms with van der Waals surface area (Å²) in [6, 6.07) is 3.55. The third-order valence-corrected chi connectivity index (χ3v) is 1.79. The molecule has 0 saturated heterocycles. The highest BCUT2D eigenvalue weighted by atomic mass is 16.3. The van der Waals surface area contributed by atoms with Gasteiger partial charge in [-0.1, -0.05) is 0 Å². The highest BCUT2D eigenvalue weighted by molar-refractivity contribution is 5.77. The zero-order chi connectivity index (χ0) is 9.26. The minimum Gasteiger partial charge on any atom is -0.397 e. The maximum Gasteiger partial charge on any atom is 0.0907 e. The lowest BCUT2D eigenvalue weighted by molar-refractivity contribution is 0.281. The highest BCUT2D eigenvalue weighted by Gasteiger charge is 1.98. The molecule has 0 atom stereocenters. The Morgan fingerprint density at radius 3 is 2.62 bits per heavy atom. The molecule has 13 heavy (non-hydrogen) atoms. The number of pyridine rings is 2. The molecule has 0 unspecified atom stereocenters. The quantitative estimate of drug-likeness (QED) is 0.669. The number of anilines is 1. The average Bonchev–Trinajstić information content (AvgIpc) is 2.17. The van der Waals surface area contributed by atoms with Crippen LogP contribution in [0.15, 0.2) is 24.5 Å². The molecule has 2 rings (SSSR count). The fraction of sp³-hybridized carbons (Fsp3) is 0.111. The van der Waals surface area contributed by atoms with Gasteiger partial charge in [0.2, 0.25) is 0 Å². The fourth-order valence-electron chi connectivity index (χ4n) is 1.15. The Kier molecular flexibility index (Phi) is 1.83. The second-order valence-corrected chi connectivity index (χ2v) is 2.81. The van der Waals surface area contributed by atoms with Crippen LogP contribution in [0.5, 0.6) is 0 Å². The number of rotatable bonds is 1. The summed E-state index contributed by atoms with van der Waals surface area (Å²) in [6.45, 7) is -0.0189. The van der Waals surface area contributed by atoms with Crippen LogP contribution in [0.3, 0.4) is 0 Å². The summed E-state index contributed by atoms with van der Waals surface area (Å²) in [5.41, 5.74) is 8.39. The minimum absolute atomic E-state index is 0.0189. The van der Waals surface area contributed by atoms with Gasteiger partial charge in [0, 0.05) is 6.20 Å². The Hall–Kier alpha value is -1.68. The molecule has 2 heterocycles. The molecule has 3 N–H and O–H groups in total. The predicted octanol–water partition coefficient (Wildman–Crippen LogP) is 0.704. The number of nitrogens with zero attached hydrogens (tertiary/aromatic N) is 2. The lowest BCUT2D eigenvalue weighted by Gasteiger charge is -1.99. The SMILES string of the molecule is Nc1cnc2cc(CO)cnc2c1. The Labute approximate surface area is 75.1 Å². The Balaban J connectivity index is 2.66. The van der Waals surface area contributed by atoms with Crippen LogP contribution in [-0.2, 0) is 6.61 Å². The van der Waals surface area contributed by atoms with Crippen LogP contribution in [0.25, 0.3) is 11.0 Å². The van der Waals surface area contributed by atoms with Crippen LogP contribution >= 0.6 is 0 Å². The molecule has 0 bridgehead atoms. The molecule has 0 aliphatic rings. The van der Waals surface area contributed by atoms with E-state index in [1.165, 1.54) is 0 Å². The van der Waals surface area contributed by atoms with E-state index in [4.69, 9.17) is 10.8 Å². The van der Waals surface area contributed by atoms with Crippen molar-refractivity contribution in [3.8, 4) is 0 Å². The molecule has 0 saturated carbocycles. The van der Waals surface area contributed by atoms with Gasteiger partial charge in [-0.3, -0.25) is 9.97 Å². The van der Waals surface area contributed by atoms with Crippen LogP contribution in [0.4, 0.5) is 5.69 Å². The molecule has 0 amide bonds. The molecule has 66 valence electrons. The van der Waals surface area contributed by atoms with Crippen molar-refractivity contribution >= 4 is 16.7 Å². The molecule has 0 radical (unpaired) electrons. The van der Waals surface area contributed by atoms with Crippen molar-refractivity contribution in [3.63, 3.8) is 0 Å². The molecular weight excluding hydrogens is 166 g/mol. The summed E-state index contributed by atoms with van der Waals surface area (Å²) in [5, 5.41) is 8.86. The third kappa shape index (κ3) is 1.43. The number of nitrogens with two attached hydrogens (primary N) is 1. The van der Waals surface area contributed by atoms with E-state index in [2.05, 4.69) is 9.97 Å². The number of hydrogen-bond donors (Lipinski definition) is 2. The average molecular weight is 175 g/mol. The van der Waals surface area contributed by atoms with Crippen LogP contribution in [0, 0.1) is 0 Å². The second kappa shape index (κ2) is 2.99. The van der Waals surface area contributed by atoms with Gasteiger partial charge in [-0.2, -0.15) is 0 Å². The Morgan fingerprint density at radius 2 is 1.85 bits per heavy atom. The number of hydrogen-bond acceptors (Lipinski definition) is 4. The number of aromatic nitrogens is 2. The maximum atomic E-state index is 8.86. The van der Waals surface area contributed by atoms with E-state index in [1.807, 2.05) is 0 Å². The number of fused-ring (bicyclic) bond motifs is 1. The van der Waals surface area contributed by atoms with Gasteiger partial charge in [-0.05, 0) is 17.7 Å². The van der Waals surface area contributed by atoms with E-state index < -0.39 is 0 Å². The van der Waals surface area contributed by atoms with E-state index in [9.17, 15) is 0 Å². The summed E-state index contributed by atoms with van der Waals surface area (Å²) < 4.78 is 0. The highest BCUT2D eigenvalue weighted by Crippen LogP contribution is 2.13. The third-order valence-electron chi connectivity index (χ3n) is 1.79. The summed E-state index contributed by atoms with van der Waals surface area (Å²) in [4.78, 5) is 8.20. The van der Waals surface area contributed by atoms with E-state index in [0.717, 1.165) is 16.6 Å². The van der Waals surface area contributed by atoms with E-state index >= 15 is 0 Å². The van der Waals surface area contributed by atoms with Crippen molar-refractivity contribution in [2.24, 2.45) is 0 Å². The summed E-state index contributed by atoms with van der Waals surface area (Å²) in [6.07, 6.45) is 3.19. The first-order chi connectivity index (χ1) is 6.29. The van der Waals surface area contributed by atoms with Gasteiger partial charge in [0.1, 0.15) is 0 Å². The monoisotopic (exact) mass is 175 g/mol. The van der Waals surface area contributed by atoms with Crippen molar-refractivity contribution in [2.75, 3.05) is 5.73 Å². The van der Waals surface area contributed by atoms with Gasteiger partial charge in [-0.25, -0.2) is 0 Å². The molecular formula is C9H9N3O. The van der Waals surface area contributed by atoms with Gasteiger partial charge in [0.25, 0.3) is 0 Å². The second-order valence-electron chi connectivity index (χ2n) is 2.81. The van der Waals surface area contributed by atoms with Gasteiger partial charge >= 0.3 is 0 Å². The Bertz CT molecular complexity index is 442. The van der Waals surface area contributed by atoms with Crippen molar-refractivity contribution < 1.29 is 5.11 Å². The van der Waals surface area contributed by atoms with E-state index in [0.29, 0.717) is 5.69 Å². The number of aliphatic hydroxyl groups excluding tert-OH is 1. The predicted molar refractivity (Wildman–Crippen MR) is 49.9 cm³/mol. The summed E-state index contributed by atoms with van der Waals surface area (Å²) in [5.74, 6) is 0. The maximum absolute atomic E-state index is 8.86. The van der Waals surface area contributed by atoms with Crippen LogP contribution in [0.2, 0.25) is 0 Å². The minimum atomic E-state index is -0.0189. The first-order valence-corrected chi connectivity index (χ1v) is 3.90. The van der Waals surface area contributed by atoms with Crippen molar-refractivity contribution in [1.29, 1.82) is 0 Å². The molecule has 0 spiro atoms. The summed E-state index contributed by atoms with van der Waals surface area (Å²) >= 11 is 0. The largest absolute Gasteiger partial charge is 0.397 e. The van der Waals surface area contributed by atoms with Crippen molar-refractivity contribution in [3.05, 3.63) is 30.1 Å². The molecule has 2 aromatic heterocycles. The van der Waals surface area contributed by atoms with Crippen molar-refractivity contribution in [1.82, 2.24) is 9.97 Å². The van der Waals surface area contributed by atoms with Gasteiger partial charge in [0.05, 0.1) is 29.5 Å². The summed E-state index contributed by atoms with van der Waals surface area (Å²) in [7, 11) is 0. The van der Waals surface area contributed by atoms with Gasteiger partial charge in [0.15, 0.2) is 0 Å². The van der Waals surface area contributed by atoms with Crippen LogP contribution < -0.4 is 5.73 Å². The normalized spacial score (nSPS) is 10.5. The Morgan fingerprint density at radius 1 is 1.15 bits per heavy atom. The van der Waals surface area contributed by atoms with Crippen molar-refractivity contribution in [2.45, 2.75) is 6.61 Å². The topological polar surface area (TPSA) is 72.0 Å². The molecule has 0 aliphatic heterocycles. The van der Waals surface area contributed by atoms with Crippen LogP contribution in [0.1, 0.15) is 5.56 Å². The molecule has 2 aromatic rings. The smallest absolute Gasteiger partial charge is 0.0907 e. The zero-order valence-corrected chi connectivity index (χ0v) is 6.94. The molecule has 0 aromatic carbocycles. The molecule has 4 nitrogen and oxygen atoms in total. The first-order valence-electron chi connectivity index (χ1n) is 3.90. The molecule has 4 heteroatoms. The molecule has 0 aliphatic carbocycles. The zero-order valence-electron chi connectivity index (χ0n) is 6.94. The van der Waals surface area contributed by atoms with E-state index in [1.54, 1.807) is 24.5 Å². The van der Waals surface area contributed by atoms with Gasteiger partial charge in [-0.15, -0.1) is 0 Å². The van der Waals surface area contributed by atoms with Crippen LogP contribution in [-0.4, -0.2) is 15.1 Å². The standard InChI is InChI=1S/C9H9N3O/c10-7-2-9-8(12-4-7)1-6(5-13)3-11-9/h1-4,13H,5,10H2. The molecule has 0 fully saturated rings. The van der Waals surface area contributed by atoms with Gasteiger partial charge < -0.3 is 10.8 Å². The number of aliphatic hydroxyl groups is 1. The van der Waals surface area contributed by atoms with E-state index in [-0.39, 0.29) is 6.61 Å². The number of nitrogen functional groups attached to an aromatic ring is 1. The fourth-order valence-corrected chi connectivity index (χ4v) is 1.15. The first kappa shape index (κ1) is 7.94. The lowest BCUT2D eigenvalue weighted by atomic mass is 10.2. The lowest BCUT2D eigenvalue weighted by Crippen LogP contribution is -1.91.